The number of hydrogen-bond acceptors (Lipinski definition) is 2. The van der Waals surface area contributed by atoms with Crippen molar-refractivity contribution < 1.29 is 4.79 Å². The van der Waals surface area contributed by atoms with Crippen LogP contribution in [0.3, 0.4) is 0 Å². The smallest absolute Gasteiger partial charge is 0.178 e. The fourth-order valence-electron chi connectivity index (χ4n) is 3.85. The molecule has 2 heterocycles. The number of piperidine rings is 1. The lowest BCUT2D eigenvalue weighted by Gasteiger charge is -2.34. The van der Waals surface area contributed by atoms with Crippen LogP contribution < -0.4 is 0 Å². The van der Waals surface area contributed by atoms with E-state index >= 15 is 0 Å². The van der Waals surface area contributed by atoms with Crippen LogP contribution in [0.4, 0.5) is 0 Å². The summed E-state index contributed by atoms with van der Waals surface area (Å²) in [5, 5.41) is 0. The van der Waals surface area contributed by atoms with Crippen LogP contribution in [0.2, 0.25) is 0 Å². The van der Waals surface area contributed by atoms with Crippen molar-refractivity contribution in [2.24, 2.45) is 0 Å². The third kappa shape index (κ3) is 3.39. The molecule has 1 saturated heterocycles. The largest absolute Gasteiger partial charge is 0.346 e. The molecular formula is C18H30N2O. The molecule has 21 heavy (non-hydrogen) atoms. The number of aromatic nitrogens is 1. The number of likely N-dealkylation sites (tertiary alicyclic amines) is 1. The van der Waals surface area contributed by atoms with Crippen molar-refractivity contribution in [2.75, 3.05) is 13.1 Å². The Labute approximate surface area is 129 Å². The first-order valence-corrected chi connectivity index (χ1v) is 8.41. The van der Waals surface area contributed by atoms with Gasteiger partial charge in [0.05, 0.1) is 6.54 Å². The average Bonchev–Trinajstić information content (AvgIpc) is 2.74. The van der Waals surface area contributed by atoms with Gasteiger partial charge in [-0.05, 0) is 59.6 Å². The maximum Gasteiger partial charge on any atom is 0.178 e. The normalized spacial score (nSPS) is 20.2. The van der Waals surface area contributed by atoms with Gasteiger partial charge in [-0.1, -0.05) is 13.3 Å². The van der Waals surface area contributed by atoms with E-state index in [0.717, 1.165) is 24.2 Å². The number of nitrogens with zero attached hydrogens (tertiary/aromatic N) is 2. The zero-order valence-corrected chi connectivity index (χ0v) is 14.3. The zero-order chi connectivity index (χ0) is 15.6. The Balaban J connectivity index is 2.15. The first-order chi connectivity index (χ1) is 9.95. The summed E-state index contributed by atoms with van der Waals surface area (Å²) in [5.41, 5.74) is 3.23. The molecule has 0 N–H and O–H groups in total. The van der Waals surface area contributed by atoms with E-state index in [1.165, 1.54) is 25.0 Å². The van der Waals surface area contributed by atoms with E-state index in [4.69, 9.17) is 0 Å². The topological polar surface area (TPSA) is 25.2 Å². The van der Waals surface area contributed by atoms with E-state index in [1.807, 2.05) is 0 Å². The molecule has 0 aliphatic carbocycles. The molecule has 0 saturated carbocycles. The predicted molar refractivity (Wildman–Crippen MR) is 88.1 cm³/mol. The monoisotopic (exact) mass is 290 g/mol. The second-order valence-electron chi connectivity index (χ2n) is 6.70. The van der Waals surface area contributed by atoms with Crippen molar-refractivity contribution in [3.8, 4) is 0 Å². The predicted octanol–water partition coefficient (Wildman–Crippen LogP) is 4.13. The summed E-state index contributed by atoms with van der Waals surface area (Å²) in [4.78, 5) is 15.1. The van der Waals surface area contributed by atoms with E-state index in [2.05, 4.69) is 50.2 Å². The molecule has 1 aromatic rings. The second kappa shape index (κ2) is 6.78. The lowest BCUT2D eigenvalue weighted by Crippen LogP contribution is -2.42. The summed E-state index contributed by atoms with van der Waals surface area (Å²) in [5.74, 6) is 0.287. The van der Waals surface area contributed by atoms with Crippen molar-refractivity contribution in [1.82, 2.24) is 9.47 Å². The van der Waals surface area contributed by atoms with Crippen molar-refractivity contribution in [3.05, 3.63) is 23.0 Å². The van der Waals surface area contributed by atoms with Gasteiger partial charge in [-0.3, -0.25) is 9.69 Å². The second-order valence-corrected chi connectivity index (χ2v) is 6.70. The van der Waals surface area contributed by atoms with Crippen LogP contribution >= 0.6 is 0 Å². The number of aryl methyl sites for hydroxylation is 1. The molecule has 2 rings (SSSR count). The summed E-state index contributed by atoms with van der Waals surface area (Å²) >= 11 is 0. The minimum Gasteiger partial charge on any atom is -0.346 e. The van der Waals surface area contributed by atoms with Gasteiger partial charge >= 0.3 is 0 Å². The Bertz CT molecular complexity index is 502. The number of carbonyl (C=O) groups is 1. The van der Waals surface area contributed by atoms with Crippen LogP contribution in [-0.4, -0.2) is 34.4 Å². The number of rotatable bonds is 5. The molecule has 0 spiro atoms. The van der Waals surface area contributed by atoms with Crippen LogP contribution in [0.25, 0.3) is 0 Å². The molecule has 1 aromatic heterocycles. The SMILES string of the molecule is CCC1CCCCN1CC(=O)c1cc(C)n(C(C)C)c1C. The van der Waals surface area contributed by atoms with Gasteiger partial charge in [0.2, 0.25) is 0 Å². The van der Waals surface area contributed by atoms with Crippen LogP contribution in [0.1, 0.15) is 74.2 Å². The maximum atomic E-state index is 12.7. The number of Topliss-reactive ketones (excluding diaryl/α,β-unsaturated/α-hetero) is 1. The van der Waals surface area contributed by atoms with Gasteiger partial charge in [-0.15, -0.1) is 0 Å². The third-order valence-corrected chi connectivity index (χ3v) is 4.87. The molecule has 1 unspecified atom stereocenters. The van der Waals surface area contributed by atoms with Crippen molar-refractivity contribution in [2.45, 2.75) is 72.4 Å². The minimum absolute atomic E-state index is 0.287. The van der Waals surface area contributed by atoms with Gasteiger partial charge in [0.25, 0.3) is 0 Å². The van der Waals surface area contributed by atoms with Gasteiger partial charge in [0.15, 0.2) is 5.78 Å². The molecule has 0 amide bonds. The number of ketones is 1. The number of hydrogen-bond donors (Lipinski definition) is 0. The van der Waals surface area contributed by atoms with Crippen LogP contribution in [0.15, 0.2) is 6.07 Å². The lowest BCUT2D eigenvalue weighted by molar-refractivity contribution is 0.0837. The van der Waals surface area contributed by atoms with Crippen molar-refractivity contribution in [1.29, 1.82) is 0 Å². The molecular weight excluding hydrogens is 260 g/mol. The van der Waals surface area contributed by atoms with Gasteiger partial charge in [-0.2, -0.15) is 0 Å². The molecule has 0 radical (unpaired) electrons. The summed E-state index contributed by atoms with van der Waals surface area (Å²) in [6, 6.07) is 3.07. The number of carbonyl (C=O) groups excluding carboxylic acids is 1. The molecule has 118 valence electrons. The van der Waals surface area contributed by atoms with Gasteiger partial charge in [0, 0.05) is 29.0 Å². The fourth-order valence-corrected chi connectivity index (χ4v) is 3.85. The highest BCUT2D eigenvalue weighted by atomic mass is 16.1. The average molecular weight is 290 g/mol. The Morgan fingerprint density at radius 3 is 2.62 bits per heavy atom. The van der Waals surface area contributed by atoms with Gasteiger partial charge < -0.3 is 4.57 Å². The van der Waals surface area contributed by atoms with Crippen molar-refractivity contribution in [3.63, 3.8) is 0 Å². The van der Waals surface area contributed by atoms with Gasteiger partial charge in [-0.25, -0.2) is 0 Å². The van der Waals surface area contributed by atoms with E-state index in [9.17, 15) is 4.79 Å². The molecule has 1 fully saturated rings. The molecule has 3 nitrogen and oxygen atoms in total. The highest BCUT2D eigenvalue weighted by molar-refractivity contribution is 5.99. The fraction of sp³-hybridized carbons (Fsp3) is 0.722. The lowest BCUT2D eigenvalue weighted by atomic mass is 9.99. The van der Waals surface area contributed by atoms with E-state index < -0.39 is 0 Å². The van der Waals surface area contributed by atoms with Gasteiger partial charge in [0.1, 0.15) is 0 Å². The third-order valence-electron chi connectivity index (χ3n) is 4.87. The Morgan fingerprint density at radius 1 is 1.33 bits per heavy atom. The summed E-state index contributed by atoms with van der Waals surface area (Å²) in [6.07, 6.45) is 4.94. The standard InChI is InChI=1S/C18H30N2O/c1-6-16-9-7-8-10-19(16)12-18(21)17-11-14(4)20(13(2)3)15(17)5/h11,13,16H,6-10,12H2,1-5H3. The van der Waals surface area contributed by atoms with E-state index in [1.54, 1.807) is 0 Å². The van der Waals surface area contributed by atoms with E-state index in [-0.39, 0.29) is 5.78 Å². The van der Waals surface area contributed by atoms with Crippen molar-refractivity contribution >= 4 is 5.78 Å². The first-order valence-electron chi connectivity index (χ1n) is 8.41. The highest BCUT2D eigenvalue weighted by Crippen LogP contribution is 2.23. The van der Waals surface area contributed by atoms with Crippen LogP contribution in [0, 0.1) is 13.8 Å². The molecule has 0 aromatic carbocycles. The molecule has 0 bridgehead atoms. The minimum atomic E-state index is 0.287. The Kier molecular flexibility index (Phi) is 5.26. The Morgan fingerprint density at radius 2 is 2.05 bits per heavy atom. The summed E-state index contributed by atoms with van der Waals surface area (Å²) in [6.45, 7) is 12.4. The molecule has 3 heteroatoms. The maximum absolute atomic E-state index is 12.7. The van der Waals surface area contributed by atoms with Crippen LogP contribution in [-0.2, 0) is 0 Å². The molecule has 1 atom stereocenters. The Hall–Kier alpha value is -1.09. The molecule has 1 aliphatic rings. The molecule has 1 aliphatic heterocycles. The first kappa shape index (κ1) is 16.3. The zero-order valence-electron chi connectivity index (χ0n) is 14.3. The summed E-state index contributed by atoms with van der Waals surface area (Å²) < 4.78 is 2.26. The highest BCUT2D eigenvalue weighted by Gasteiger charge is 2.25. The van der Waals surface area contributed by atoms with Crippen LogP contribution in [0.5, 0.6) is 0 Å². The summed E-state index contributed by atoms with van der Waals surface area (Å²) in [7, 11) is 0. The van der Waals surface area contributed by atoms with E-state index in [0.29, 0.717) is 18.6 Å². The quantitative estimate of drug-likeness (QED) is 0.762.